The molecule has 0 fully saturated rings. The molecule has 2 aromatic rings. The SMILES string of the molecule is C/C(=N/Nc1ccc(C)cc1)c1ccc(S(=O)(=O)NCCC(=O)[O-])cc1. The second kappa shape index (κ2) is 8.59. The molecule has 0 aromatic heterocycles. The molecule has 0 radical (unpaired) electrons. The van der Waals surface area contributed by atoms with Gasteiger partial charge in [0.2, 0.25) is 10.0 Å². The number of carboxylic acids is 1. The van der Waals surface area contributed by atoms with Crippen LogP contribution < -0.4 is 15.3 Å². The number of carbonyl (C=O) groups excluding carboxylic acids is 1. The van der Waals surface area contributed by atoms with E-state index in [1.54, 1.807) is 12.1 Å². The topological polar surface area (TPSA) is 111 Å². The molecule has 0 amide bonds. The molecule has 0 saturated heterocycles. The maximum absolute atomic E-state index is 12.1. The highest BCUT2D eigenvalue weighted by Gasteiger charge is 2.13. The van der Waals surface area contributed by atoms with E-state index in [2.05, 4.69) is 15.2 Å². The molecule has 0 bridgehead atoms. The molecule has 0 saturated carbocycles. The van der Waals surface area contributed by atoms with Gasteiger partial charge in [-0.15, -0.1) is 0 Å². The number of hydrogen-bond acceptors (Lipinski definition) is 6. The van der Waals surface area contributed by atoms with Gasteiger partial charge in [0.1, 0.15) is 0 Å². The predicted octanol–water partition coefficient (Wildman–Crippen LogP) is 1.25. The van der Waals surface area contributed by atoms with Gasteiger partial charge >= 0.3 is 0 Å². The van der Waals surface area contributed by atoms with E-state index in [0.29, 0.717) is 5.71 Å². The van der Waals surface area contributed by atoms with Crippen LogP contribution >= 0.6 is 0 Å². The van der Waals surface area contributed by atoms with Crippen molar-refractivity contribution in [3.8, 4) is 0 Å². The van der Waals surface area contributed by atoms with Crippen molar-refractivity contribution < 1.29 is 18.3 Å². The molecular weight excluding hydrogens is 354 g/mol. The zero-order chi connectivity index (χ0) is 19.2. The van der Waals surface area contributed by atoms with Crippen molar-refractivity contribution in [1.82, 2.24) is 4.72 Å². The van der Waals surface area contributed by atoms with Gasteiger partial charge in [0.05, 0.1) is 16.3 Å². The Morgan fingerprint density at radius 1 is 1.08 bits per heavy atom. The van der Waals surface area contributed by atoms with E-state index in [1.807, 2.05) is 38.1 Å². The molecule has 26 heavy (non-hydrogen) atoms. The largest absolute Gasteiger partial charge is 0.550 e. The molecule has 2 N–H and O–H groups in total. The first-order valence-corrected chi connectivity index (χ1v) is 9.43. The number of rotatable bonds is 8. The third kappa shape index (κ3) is 5.68. The van der Waals surface area contributed by atoms with E-state index in [4.69, 9.17) is 0 Å². The fraction of sp³-hybridized carbons (Fsp3) is 0.222. The van der Waals surface area contributed by atoms with Gasteiger partial charge in [0.25, 0.3) is 0 Å². The Morgan fingerprint density at radius 3 is 2.27 bits per heavy atom. The summed E-state index contributed by atoms with van der Waals surface area (Å²) in [4.78, 5) is 10.4. The van der Waals surface area contributed by atoms with Crippen LogP contribution in [0.5, 0.6) is 0 Å². The quantitative estimate of drug-likeness (QED) is 0.534. The molecule has 0 aliphatic heterocycles. The van der Waals surface area contributed by atoms with Gasteiger partial charge in [-0.3, -0.25) is 5.43 Å². The minimum Gasteiger partial charge on any atom is -0.550 e. The molecular formula is C18H20N3O4S-. The van der Waals surface area contributed by atoms with Crippen LogP contribution in [0, 0.1) is 6.92 Å². The highest BCUT2D eigenvalue weighted by atomic mass is 32.2. The van der Waals surface area contributed by atoms with Crippen molar-refractivity contribution >= 4 is 27.4 Å². The Bertz CT molecular complexity index is 889. The first kappa shape index (κ1) is 19.6. The number of aliphatic carboxylic acids is 1. The van der Waals surface area contributed by atoms with Crippen molar-refractivity contribution in [3.63, 3.8) is 0 Å². The Kier molecular flexibility index (Phi) is 6.48. The molecule has 0 atom stereocenters. The smallest absolute Gasteiger partial charge is 0.240 e. The minimum atomic E-state index is -3.75. The number of benzene rings is 2. The number of aryl methyl sites for hydroxylation is 1. The van der Waals surface area contributed by atoms with Crippen LogP contribution in [0.4, 0.5) is 5.69 Å². The Labute approximate surface area is 152 Å². The molecule has 7 nitrogen and oxygen atoms in total. The van der Waals surface area contributed by atoms with Crippen LogP contribution in [0.2, 0.25) is 0 Å². The molecule has 0 unspecified atom stereocenters. The third-order valence-electron chi connectivity index (χ3n) is 3.61. The van der Waals surface area contributed by atoms with Crippen LogP contribution in [0.15, 0.2) is 58.5 Å². The second-order valence-electron chi connectivity index (χ2n) is 5.72. The zero-order valence-electron chi connectivity index (χ0n) is 14.5. The number of nitrogens with zero attached hydrogens (tertiary/aromatic N) is 1. The van der Waals surface area contributed by atoms with Gasteiger partial charge in [-0.05, 0) is 43.7 Å². The van der Waals surface area contributed by atoms with E-state index < -0.39 is 16.0 Å². The molecule has 0 aliphatic rings. The molecule has 2 rings (SSSR count). The highest BCUT2D eigenvalue weighted by molar-refractivity contribution is 7.89. The lowest BCUT2D eigenvalue weighted by Gasteiger charge is -2.08. The Hall–Kier alpha value is -2.71. The van der Waals surface area contributed by atoms with Gasteiger partial charge in [-0.1, -0.05) is 29.8 Å². The first-order valence-electron chi connectivity index (χ1n) is 7.95. The van der Waals surface area contributed by atoms with Gasteiger partial charge < -0.3 is 9.90 Å². The molecule has 0 aliphatic carbocycles. The normalized spacial score (nSPS) is 12.0. The Morgan fingerprint density at radius 2 is 1.69 bits per heavy atom. The monoisotopic (exact) mass is 374 g/mol. The first-order chi connectivity index (χ1) is 12.3. The van der Waals surface area contributed by atoms with E-state index >= 15 is 0 Å². The number of carboxylic acid groups (broad SMARTS) is 1. The summed E-state index contributed by atoms with van der Waals surface area (Å²) in [6, 6.07) is 14.0. The van der Waals surface area contributed by atoms with Crippen molar-refractivity contribution in [2.45, 2.75) is 25.2 Å². The minimum absolute atomic E-state index is 0.0545. The molecule has 0 spiro atoms. The third-order valence-corrected chi connectivity index (χ3v) is 5.08. The molecule has 0 heterocycles. The lowest BCUT2D eigenvalue weighted by atomic mass is 10.1. The Balaban J connectivity index is 2.04. The number of sulfonamides is 1. The van der Waals surface area contributed by atoms with Gasteiger partial charge in [-0.2, -0.15) is 5.10 Å². The highest BCUT2D eigenvalue weighted by Crippen LogP contribution is 2.13. The maximum atomic E-state index is 12.1. The summed E-state index contributed by atoms with van der Waals surface area (Å²) in [5, 5.41) is 14.6. The average molecular weight is 374 g/mol. The van der Waals surface area contributed by atoms with Crippen molar-refractivity contribution in [2.24, 2.45) is 5.10 Å². The standard InChI is InChI=1S/C18H21N3O4S/c1-13-3-7-16(8-4-13)21-20-14(2)15-5-9-17(10-6-15)26(24,25)19-12-11-18(22)23/h3-10,19,21H,11-12H2,1-2H3,(H,22,23)/p-1/b20-14-. The van der Waals surface area contributed by atoms with Crippen LogP contribution in [0.25, 0.3) is 0 Å². The van der Waals surface area contributed by atoms with Crippen LogP contribution in [-0.2, 0) is 14.8 Å². The van der Waals surface area contributed by atoms with E-state index in [1.165, 1.54) is 12.1 Å². The number of hydrogen-bond donors (Lipinski definition) is 2. The van der Waals surface area contributed by atoms with Crippen LogP contribution in [-0.4, -0.2) is 26.6 Å². The van der Waals surface area contributed by atoms with Crippen molar-refractivity contribution in [1.29, 1.82) is 0 Å². The van der Waals surface area contributed by atoms with Crippen LogP contribution in [0.1, 0.15) is 24.5 Å². The van der Waals surface area contributed by atoms with Crippen molar-refractivity contribution in [2.75, 3.05) is 12.0 Å². The lowest BCUT2D eigenvalue weighted by molar-refractivity contribution is -0.305. The van der Waals surface area contributed by atoms with Crippen molar-refractivity contribution in [3.05, 3.63) is 59.7 Å². The number of carbonyl (C=O) groups is 1. The van der Waals surface area contributed by atoms with Crippen LogP contribution in [0.3, 0.4) is 0 Å². The lowest BCUT2D eigenvalue weighted by Crippen LogP contribution is -2.31. The van der Waals surface area contributed by atoms with Gasteiger partial charge in [-0.25, -0.2) is 13.1 Å². The fourth-order valence-electron chi connectivity index (χ4n) is 2.09. The maximum Gasteiger partial charge on any atom is 0.240 e. The predicted molar refractivity (Wildman–Crippen MR) is 98.3 cm³/mol. The van der Waals surface area contributed by atoms with E-state index in [-0.39, 0.29) is 17.9 Å². The summed E-state index contributed by atoms with van der Waals surface area (Å²) in [5.41, 5.74) is 6.41. The summed E-state index contributed by atoms with van der Waals surface area (Å²) >= 11 is 0. The molecule has 138 valence electrons. The average Bonchev–Trinajstić information content (AvgIpc) is 2.60. The summed E-state index contributed by atoms with van der Waals surface area (Å²) in [5.74, 6) is -1.31. The second-order valence-corrected chi connectivity index (χ2v) is 7.49. The zero-order valence-corrected chi connectivity index (χ0v) is 15.3. The number of hydrazone groups is 1. The summed E-state index contributed by atoms with van der Waals surface area (Å²) in [6.45, 7) is 3.59. The molecule has 2 aromatic carbocycles. The summed E-state index contributed by atoms with van der Waals surface area (Å²) in [6.07, 6.45) is -0.381. The molecule has 8 heteroatoms. The summed E-state index contributed by atoms with van der Waals surface area (Å²) in [7, 11) is -3.75. The van der Waals surface area contributed by atoms with E-state index in [0.717, 1.165) is 16.8 Å². The number of nitrogens with one attached hydrogen (secondary N) is 2. The summed E-state index contributed by atoms with van der Waals surface area (Å²) < 4.78 is 26.3. The van der Waals surface area contributed by atoms with E-state index in [9.17, 15) is 18.3 Å². The van der Waals surface area contributed by atoms with Gasteiger partial charge in [0, 0.05) is 18.9 Å². The number of anilines is 1. The van der Waals surface area contributed by atoms with Gasteiger partial charge in [0.15, 0.2) is 0 Å². The fourth-order valence-corrected chi connectivity index (χ4v) is 3.12.